The topological polar surface area (TPSA) is 59.4 Å². The number of nitrogens with one attached hydrogen (secondary N) is 1. The summed E-state index contributed by atoms with van der Waals surface area (Å²) < 4.78 is 7.03. The van der Waals surface area contributed by atoms with Gasteiger partial charge in [0, 0.05) is 38.9 Å². The molecule has 19 heavy (non-hydrogen) atoms. The van der Waals surface area contributed by atoms with Gasteiger partial charge in [0.05, 0.1) is 24.5 Å². The molecule has 0 saturated carbocycles. The molecule has 1 aliphatic rings. The third kappa shape index (κ3) is 3.33. The Labute approximate surface area is 113 Å². The van der Waals surface area contributed by atoms with Crippen molar-refractivity contribution in [2.75, 3.05) is 39.4 Å². The highest BCUT2D eigenvalue weighted by atomic mass is 16.5. The number of carbonyl (C=O) groups is 1. The second-order valence-corrected chi connectivity index (χ2v) is 4.88. The molecule has 0 bridgehead atoms. The lowest BCUT2D eigenvalue weighted by Gasteiger charge is -2.26. The lowest BCUT2D eigenvalue weighted by Crippen LogP contribution is -2.41. The number of nitrogens with zero attached hydrogens (tertiary/aromatic N) is 3. The van der Waals surface area contributed by atoms with E-state index in [4.69, 9.17) is 4.74 Å². The Bertz CT molecular complexity index is 450. The van der Waals surface area contributed by atoms with Crippen LogP contribution in [0.25, 0.3) is 0 Å². The second kappa shape index (κ2) is 6.16. The maximum Gasteiger partial charge on any atom is 0.255 e. The van der Waals surface area contributed by atoms with Gasteiger partial charge in [0.15, 0.2) is 0 Å². The molecule has 0 radical (unpaired) electrons. The van der Waals surface area contributed by atoms with E-state index in [0.29, 0.717) is 12.1 Å². The van der Waals surface area contributed by atoms with Crippen molar-refractivity contribution in [3.05, 3.63) is 17.0 Å². The number of morpholine rings is 1. The van der Waals surface area contributed by atoms with Gasteiger partial charge in [0.25, 0.3) is 5.91 Å². The summed E-state index contributed by atoms with van der Waals surface area (Å²) in [6.07, 6.45) is 0. The highest BCUT2D eigenvalue weighted by molar-refractivity contribution is 5.96. The first-order valence-corrected chi connectivity index (χ1v) is 6.68. The van der Waals surface area contributed by atoms with E-state index in [0.717, 1.165) is 44.2 Å². The highest BCUT2D eigenvalue weighted by Gasteiger charge is 2.17. The van der Waals surface area contributed by atoms with Crippen LogP contribution in [-0.4, -0.2) is 60.0 Å². The third-order valence-electron chi connectivity index (χ3n) is 3.55. The van der Waals surface area contributed by atoms with Crippen LogP contribution in [0, 0.1) is 13.8 Å². The van der Waals surface area contributed by atoms with E-state index in [1.165, 1.54) is 0 Å². The molecule has 1 aromatic rings. The van der Waals surface area contributed by atoms with Crippen LogP contribution < -0.4 is 5.32 Å². The van der Waals surface area contributed by atoms with Gasteiger partial charge in [-0.2, -0.15) is 5.10 Å². The van der Waals surface area contributed by atoms with Crippen molar-refractivity contribution in [2.24, 2.45) is 7.05 Å². The van der Waals surface area contributed by atoms with Crippen molar-refractivity contribution < 1.29 is 9.53 Å². The van der Waals surface area contributed by atoms with E-state index >= 15 is 0 Å². The van der Waals surface area contributed by atoms with Gasteiger partial charge < -0.3 is 10.1 Å². The Kier molecular flexibility index (Phi) is 4.55. The van der Waals surface area contributed by atoms with E-state index in [-0.39, 0.29) is 5.91 Å². The summed E-state index contributed by atoms with van der Waals surface area (Å²) in [6.45, 7) is 8.77. The van der Waals surface area contributed by atoms with Crippen LogP contribution in [0.1, 0.15) is 21.7 Å². The molecule has 6 heteroatoms. The number of aromatic nitrogens is 2. The fourth-order valence-electron chi connectivity index (χ4n) is 2.34. The van der Waals surface area contributed by atoms with Crippen molar-refractivity contribution in [1.82, 2.24) is 20.0 Å². The minimum Gasteiger partial charge on any atom is -0.379 e. The lowest BCUT2D eigenvalue weighted by atomic mass is 10.2. The smallest absolute Gasteiger partial charge is 0.255 e. The van der Waals surface area contributed by atoms with E-state index in [1.807, 2.05) is 20.9 Å². The first kappa shape index (κ1) is 14.0. The maximum atomic E-state index is 12.1. The van der Waals surface area contributed by atoms with Gasteiger partial charge in [0.1, 0.15) is 0 Å². The van der Waals surface area contributed by atoms with Gasteiger partial charge in [-0.1, -0.05) is 0 Å². The van der Waals surface area contributed by atoms with Crippen molar-refractivity contribution >= 4 is 5.91 Å². The molecule has 106 valence electrons. The molecule has 0 atom stereocenters. The average Bonchev–Trinajstić information content (AvgIpc) is 2.64. The van der Waals surface area contributed by atoms with E-state index in [2.05, 4.69) is 15.3 Å². The van der Waals surface area contributed by atoms with Crippen molar-refractivity contribution in [3.63, 3.8) is 0 Å². The average molecular weight is 266 g/mol. The van der Waals surface area contributed by atoms with Gasteiger partial charge in [-0.15, -0.1) is 0 Å². The molecule has 1 N–H and O–H groups in total. The van der Waals surface area contributed by atoms with E-state index in [1.54, 1.807) is 4.68 Å². The van der Waals surface area contributed by atoms with Gasteiger partial charge in [0.2, 0.25) is 0 Å². The maximum absolute atomic E-state index is 12.1. The molecule has 2 rings (SSSR count). The second-order valence-electron chi connectivity index (χ2n) is 4.88. The Balaban J connectivity index is 1.84. The van der Waals surface area contributed by atoms with Crippen LogP contribution in [0.2, 0.25) is 0 Å². The SMILES string of the molecule is Cc1nn(C)c(C)c1C(=O)NCCN1CCOCC1. The molecule has 6 nitrogen and oxygen atoms in total. The number of rotatable bonds is 4. The van der Waals surface area contributed by atoms with Crippen molar-refractivity contribution in [1.29, 1.82) is 0 Å². The molecule has 2 heterocycles. The summed E-state index contributed by atoms with van der Waals surface area (Å²) in [6, 6.07) is 0. The first-order valence-electron chi connectivity index (χ1n) is 6.68. The van der Waals surface area contributed by atoms with Crippen LogP contribution >= 0.6 is 0 Å². The molecular formula is C13H22N4O2. The Hall–Kier alpha value is -1.40. The van der Waals surface area contributed by atoms with Crippen molar-refractivity contribution in [2.45, 2.75) is 13.8 Å². The van der Waals surface area contributed by atoms with Gasteiger partial charge in [-0.3, -0.25) is 14.4 Å². The zero-order valence-corrected chi connectivity index (χ0v) is 11.9. The van der Waals surface area contributed by atoms with Gasteiger partial charge >= 0.3 is 0 Å². The summed E-state index contributed by atoms with van der Waals surface area (Å²) in [5.41, 5.74) is 2.38. The van der Waals surface area contributed by atoms with Crippen LogP contribution in [0.15, 0.2) is 0 Å². The number of amides is 1. The zero-order valence-electron chi connectivity index (χ0n) is 11.9. The zero-order chi connectivity index (χ0) is 13.8. The Morgan fingerprint density at radius 2 is 2.05 bits per heavy atom. The monoisotopic (exact) mass is 266 g/mol. The normalized spacial score (nSPS) is 16.6. The van der Waals surface area contributed by atoms with Crippen molar-refractivity contribution in [3.8, 4) is 0 Å². The summed E-state index contributed by atoms with van der Waals surface area (Å²) in [4.78, 5) is 14.4. The first-order chi connectivity index (χ1) is 9.09. The molecule has 1 aromatic heterocycles. The minimum absolute atomic E-state index is 0.0311. The molecule has 1 saturated heterocycles. The fraction of sp³-hybridized carbons (Fsp3) is 0.692. The molecule has 0 aliphatic carbocycles. The highest BCUT2D eigenvalue weighted by Crippen LogP contribution is 2.11. The van der Waals surface area contributed by atoms with Gasteiger partial charge in [-0.25, -0.2) is 0 Å². The largest absolute Gasteiger partial charge is 0.379 e. The quantitative estimate of drug-likeness (QED) is 0.839. The predicted molar refractivity (Wildman–Crippen MR) is 72.3 cm³/mol. The number of hydrogen-bond acceptors (Lipinski definition) is 4. The summed E-state index contributed by atoms with van der Waals surface area (Å²) >= 11 is 0. The van der Waals surface area contributed by atoms with Crippen LogP contribution in [-0.2, 0) is 11.8 Å². The Morgan fingerprint density at radius 3 is 2.63 bits per heavy atom. The molecular weight excluding hydrogens is 244 g/mol. The number of aryl methyl sites for hydroxylation is 2. The fourth-order valence-corrected chi connectivity index (χ4v) is 2.34. The predicted octanol–water partition coefficient (Wildman–Crippen LogP) is 0.0989. The molecule has 0 aromatic carbocycles. The molecule has 1 aliphatic heterocycles. The minimum atomic E-state index is -0.0311. The molecule has 1 fully saturated rings. The summed E-state index contributed by atoms with van der Waals surface area (Å²) in [5, 5.41) is 7.22. The molecule has 0 unspecified atom stereocenters. The number of ether oxygens (including phenoxy) is 1. The van der Waals surface area contributed by atoms with Crippen LogP contribution in [0.4, 0.5) is 0 Å². The lowest BCUT2D eigenvalue weighted by molar-refractivity contribution is 0.0383. The third-order valence-corrected chi connectivity index (χ3v) is 3.55. The van der Waals surface area contributed by atoms with Crippen LogP contribution in [0.3, 0.4) is 0 Å². The molecule has 0 spiro atoms. The standard InChI is InChI=1S/C13H22N4O2/c1-10-12(11(2)16(3)15-10)13(18)14-4-5-17-6-8-19-9-7-17/h4-9H2,1-3H3,(H,14,18). The summed E-state index contributed by atoms with van der Waals surface area (Å²) in [7, 11) is 1.85. The summed E-state index contributed by atoms with van der Waals surface area (Å²) in [5.74, 6) is -0.0311. The Morgan fingerprint density at radius 1 is 1.37 bits per heavy atom. The van der Waals surface area contributed by atoms with E-state index < -0.39 is 0 Å². The number of carbonyl (C=O) groups excluding carboxylic acids is 1. The number of hydrogen-bond donors (Lipinski definition) is 1. The van der Waals surface area contributed by atoms with Gasteiger partial charge in [-0.05, 0) is 13.8 Å². The van der Waals surface area contributed by atoms with E-state index in [9.17, 15) is 4.79 Å². The molecule has 1 amide bonds. The van der Waals surface area contributed by atoms with Crippen LogP contribution in [0.5, 0.6) is 0 Å².